The first-order chi connectivity index (χ1) is 11.2. The Balaban J connectivity index is 1.37. The molecule has 0 radical (unpaired) electrons. The van der Waals surface area contributed by atoms with E-state index in [4.69, 9.17) is 0 Å². The molecule has 3 heterocycles. The summed E-state index contributed by atoms with van der Waals surface area (Å²) in [7, 11) is 0. The van der Waals surface area contributed by atoms with Gasteiger partial charge in [0.05, 0.1) is 0 Å². The van der Waals surface area contributed by atoms with Gasteiger partial charge in [0.2, 0.25) is 0 Å². The van der Waals surface area contributed by atoms with Crippen molar-refractivity contribution in [2.45, 2.75) is 51.0 Å². The lowest BCUT2D eigenvalue weighted by atomic mass is 9.96. The summed E-state index contributed by atoms with van der Waals surface area (Å²) in [4.78, 5) is 19.0. The number of carbonyl (C=O) groups is 1. The van der Waals surface area contributed by atoms with Crippen LogP contribution in [-0.2, 0) is 6.54 Å². The third kappa shape index (κ3) is 2.87. The van der Waals surface area contributed by atoms with Gasteiger partial charge in [-0.1, -0.05) is 0 Å². The van der Waals surface area contributed by atoms with Crippen molar-refractivity contribution in [1.82, 2.24) is 29.9 Å². The highest BCUT2D eigenvalue weighted by atomic mass is 16.2. The lowest BCUT2D eigenvalue weighted by Crippen LogP contribution is -2.38. The second-order valence-corrected chi connectivity index (χ2v) is 6.48. The van der Waals surface area contributed by atoms with E-state index in [1.165, 1.54) is 12.8 Å². The smallest absolute Gasteiger partial charge is 0.274 e. The van der Waals surface area contributed by atoms with E-state index in [-0.39, 0.29) is 5.91 Å². The number of piperidine rings is 1. The molecule has 1 N–H and O–H groups in total. The minimum absolute atomic E-state index is 0.0342. The molecule has 1 aliphatic carbocycles. The fourth-order valence-corrected chi connectivity index (χ4v) is 3.16. The number of hydrogen-bond acceptors (Lipinski definition) is 4. The zero-order valence-electron chi connectivity index (χ0n) is 13.4. The van der Waals surface area contributed by atoms with Crippen molar-refractivity contribution in [3.05, 3.63) is 29.6 Å². The predicted molar refractivity (Wildman–Crippen MR) is 84.1 cm³/mol. The number of nitrogens with zero attached hydrogens (tertiary/aromatic N) is 5. The maximum absolute atomic E-state index is 12.5. The summed E-state index contributed by atoms with van der Waals surface area (Å²) in [6.45, 7) is 4.30. The highest BCUT2D eigenvalue weighted by molar-refractivity contribution is 5.92. The zero-order chi connectivity index (χ0) is 15.8. The SMILES string of the molecule is CCn1ccc(C(=O)N2CCC(c3nc(C4CC4)n[nH]3)CC2)n1. The molecule has 7 nitrogen and oxygen atoms in total. The number of H-pyrrole nitrogens is 1. The van der Waals surface area contributed by atoms with E-state index in [0.29, 0.717) is 17.5 Å². The Morgan fingerprint density at radius 2 is 2.04 bits per heavy atom. The molecule has 0 spiro atoms. The van der Waals surface area contributed by atoms with Gasteiger partial charge >= 0.3 is 0 Å². The third-order valence-corrected chi connectivity index (χ3v) is 4.82. The summed E-state index contributed by atoms with van der Waals surface area (Å²) >= 11 is 0. The van der Waals surface area contributed by atoms with Crippen molar-refractivity contribution >= 4 is 5.91 Å². The molecule has 1 aliphatic heterocycles. The van der Waals surface area contributed by atoms with Gasteiger partial charge in [0.25, 0.3) is 5.91 Å². The van der Waals surface area contributed by atoms with Gasteiger partial charge in [-0.3, -0.25) is 14.6 Å². The van der Waals surface area contributed by atoms with E-state index in [1.807, 2.05) is 18.0 Å². The van der Waals surface area contributed by atoms with Crippen molar-refractivity contribution in [2.75, 3.05) is 13.1 Å². The number of aryl methyl sites for hydroxylation is 1. The Kier molecular flexibility index (Phi) is 3.63. The lowest BCUT2D eigenvalue weighted by Gasteiger charge is -2.30. The average Bonchev–Trinajstić information content (AvgIpc) is 3.14. The highest BCUT2D eigenvalue weighted by Crippen LogP contribution is 2.38. The van der Waals surface area contributed by atoms with Crippen molar-refractivity contribution in [3.63, 3.8) is 0 Å². The molecule has 0 aromatic carbocycles. The molecule has 0 atom stereocenters. The van der Waals surface area contributed by atoms with Gasteiger partial charge in [-0.15, -0.1) is 0 Å². The molecule has 4 rings (SSSR count). The van der Waals surface area contributed by atoms with Gasteiger partial charge in [-0.05, 0) is 38.7 Å². The third-order valence-electron chi connectivity index (χ3n) is 4.82. The van der Waals surface area contributed by atoms with Crippen molar-refractivity contribution in [1.29, 1.82) is 0 Å². The Morgan fingerprint density at radius 1 is 1.26 bits per heavy atom. The van der Waals surface area contributed by atoms with Gasteiger partial charge in [0, 0.05) is 37.7 Å². The highest BCUT2D eigenvalue weighted by Gasteiger charge is 2.31. The largest absolute Gasteiger partial charge is 0.337 e. The Bertz CT molecular complexity index is 693. The van der Waals surface area contributed by atoms with Crippen LogP contribution in [0.2, 0.25) is 0 Å². The first-order valence-corrected chi connectivity index (χ1v) is 8.49. The molecular weight excluding hydrogens is 292 g/mol. The summed E-state index contributed by atoms with van der Waals surface area (Å²) in [5, 5.41) is 11.7. The number of rotatable bonds is 4. The number of amides is 1. The van der Waals surface area contributed by atoms with E-state index in [9.17, 15) is 4.79 Å². The molecule has 2 aromatic rings. The summed E-state index contributed by atoms with van der Waals surface area (Å²) in [5.41, 5.74) is 0.543. The second-order valence-electron chi connectivity index (χ2n) is 6.48. The van der Waals surface area contributed by atoms with Gasteiger partial charge < -0.3 is 4.90 Å². The van der Waals surface area contributed by atoms with Crippen LogP contribution in [0.5, 0.6) is 0 Å². The molecule has 2 aromatic heterocycles. The van der Waals surface area contributed by atoms with Gasteiger partial charge in [-0.2, -0.15) is 10.2 Å². The first kappa shape index (κ1) is 14.4. The standard InChI is InChI=1S/C16H22N6O/c1-2-22-10-7-13(20-22)16(23)21-8-5-12(6-9-21)15-17-14(18-19-15)11-3-4-11/h7,10-12H,2-6,8-9H2,1H3,(H,17,18,19). The molecule has 7 heteroatoms. The van der Waals surface area contributed by atoms with Crippen LogP contribution in [0, 0.1) is 0 Å². The quantitative estimate of drug-likeness (QED) is 0.935. The van der Waals surface area contributed by atoms with Gasteiger partial charge in [0.15, 0.2) is 5.82 Å². The summed E-state index contributed by atoms with van der Waals surface area (Å²) in [6, 6.07) is 1.80. The van der Waals surface area contributed by atoms with Crippen LogP contribution < -0.4 is 0 Å². The molecule has 0 bridgehead atoms. The Morgan fingerprint density at radius 3 is 2.70 bits per heavy atom. The topological polar surface area (TPSA) is 79.7 Å². The number of carbonyl (C=O) groups excluding carboxylic acids is 1. The Labute approximate surface area is 135 Å². The van der Waals surface area contributed by atoms with Crippen LogP contribution in [0.25, 0.3) is 0 Å². The maximum atomic E-state index is 12.5. The van der Waals surface area contributed by atoms with Crippen LogP contribution in [0.15, 0.2) is 12.3 Å². The van der Waals surface area contributed by atoms with Crippen molar-refractivity contribution in [2.24, 2.45) is 0 Å². The number of likely N-dealkylation sites (tertiary alicyclic amines) is 1. The van der Waals surface area contributed by atoms with E-state index in [2.05, 4.69) is 20.3 Å². The monoisotopic (exact) mass is 314 g/mol. The number of aromatic amines is 1. The van der Waals surface area contributed by atoms with Crippen LogP contribution in [0.1, 0.15) is 66.6 Å². The number of nitrogens with one attached hydrogen (secondary N) is 1. The van der Waals surface area contributed by atoms with Crippen LogP contribution in [0.3, 0.4) is 0 Å². The van der Waals surface area contributed by atoms with E-state index in [0.717, 1.165) is 44.1 Å². The van der Waals surface area contributed by atoms with E-state index < -0.39 is 0 Å². The number of aromatic nitrogens is 5. The molecule has 1 saturated carbocycles. The molecule has 2 aliphatic rings. The van der Waals surface area contributed by atoms with Gasteiger partial charge in [-0.25, -0.2) is 4.98 Å². The zero-order valence-corrected chi connectivity index (χ0v) is 13.4. The molecule has 1 saturated heterocycles. The predicted octanol–water partition coefficient (Wildman–Crippen LogP) is 1.92. The van der Waals surface area contributed by atoms with Crippen molar-refractivity contribution in [3.8, 4) is 0 Å². The summed E-state index contributed by atoms with van der Waals surface area (Å²) < 4.78 is 1.79. The minimum Gasteiger partial charge on any atom is -0.337 e. The maximum Gasteiger partial charge on any atom is 0.274 e. The van der Waals surface area contributed by atoms with E-state index in [1.54, 1.807) is 10.7 Å². The molecule has 0 unspecified atom stereocenters. The van der Waals surface area contributed by atoms with Crippen LogP contribution >= 0.6 is 0 Å². The van der Waals surface area contributed by atoms with Crippen molar-refractivity contribution < 1.29 is 4.79 Å². The number of hydrogen-bond donors (Lipinski definition) is 1. The van der Waals surface area contributed by atoms with E-state index >= 15 is 0 Å². The van der Waals surface area contributed by atoms with Gasteiger partial charge in [0.1, 0.15) is 11.5 Å². The fourth-order valence-electron chi connectivity index (χ4n) is 3.16. The molecule has 1 amide bonds. The normalized spacial score (nSPS) is 19.3. The first-order valence-electron chi connectivity index (χ1n) is 8.49. The average molecular weight is 314 g/mol. The second kappa shape index (κ2) is 5.79. The minimum atomic E-state index is 0.0342. The molecule has 2 fully saturated rings. The molecule has 23 heavy (non-hydrogen) atoms. The molecular formula is C16H22N6O. The van der Waals surface area contributed by atoms with Crippen LogP contribution in [-0.4, -0.2) is 48.9 Å². The van der Waals surface area contributed by atoms with Crippen LogP contribution in [0.4, 0.5) is 0 Å². The lowest BCUT2D eigenvalue weighted by molar-refractivity contribution is 0.0704. The fraction of sp³-hybridized carbons (Fsp3) is 0.625. The Hall–Kier alpha value is -2.18. The summed E-state index contributed by atoms with van der Waals surface area (Å²) in [5.74, 6) is 2.97. The molecule has 122 valence electrons. The summed E-state index contributed by atoms with van der Waals surface area (Å²) in [6.07, 6.45) is 6.15.